The van der Waals surface area contributed by atoms with Gasteiger partial charge < -0.3 is 10.6 Å². The van der Waals surface area contributed by atoms with Gasteiger partial charge in [0.15, 0.2) is 0 Å². The average Bonchev–Trinajstić information content (AvgIpc) is 2.94. The number of thioether (sulfide) groups is 1. The van der Waals surface area contributed by atoms with Gasteiger partial charge in [-0.1, -0.05) is 78.9 Å². The lowest BCUT2D eigenvalue weighted by Gasteiger charge is -2.19. The van der Waals surface area contributed by atoms with Crippen molar-refractivity contribution in [2.75, 3.05) is 10.6 Å². The van der Waals surface area contributed by atoms with Crippen molar-refractivity contribution in [3.05, 3.63) is 138 Å². The molecule has 0 saturated carbocycles. The third-order valence-corrected chi connectivity index (χ3v) is 7.71. The first-order chi connectivity index (χ1) is 18.5. The molecule has 0 saturated heterocycles. The van der Waals surface area contributed by atoms with Gasteiger partial charge in [0.2, 0.25) is 5.91 Å². The van der Waals surface area contributed by atoms with Crippen LogP contribution in [0.4, 0.5) is 11.4 Å². The predicted octanol–water partition coefficient (Wildman–Crippen LogP) is 8.18. The van der Waals surface area contributed by atoms with Gasteiger partial charge in [0, 0.05) is 21.8 Å². The van der Waals surface area contributed by atoms with E-state index in [0.29, 0.717) is 11.3 Å². The molecule has 0 aliphatic heterocycles. The van der Waals surface area contributed by atoms with Gasteiger partial charge in [-0.3, -0.25) is 9.59 Å². The molecule has 0 bridgehead atoms. The molecular weight excluding hydrogens is 488 g/mol. The van der Waals surface area contributed by atoms with Crippen LogP contribution < -0.4 is 10.6 Å². The monoisotopic (exact) mass is 516 g/mol. The van der Waals surface area contributed by atoms with Crippen molar-refractivity contribution >= 4 is 45.7 Å². The Morgan fingerprint density at radius 3 is 2.03 bits per heavy atom. The summed E-state index contributed by atoms with van der Waals surface area (Å²) in [6, 6.07) is 37.0. The van der Waals surface area contributed by atoms with Crippen molar-refractivity contribution in [2.45, 2.75) is 24.0 Å². The molecule has 4 nitrogen and oxygen atoms in total. The number of hydrogen-bond donors (Lipinski definition) is 2. The van der Waals surface area contributed by atoms with Crippen molar-refractivity contribution in [1.29, 1.82) is 0 Å². The fourth-order valence-corrected chi connectivity index (χ4v) is 5.41. The molecule has 38 heavy (non-hydrogen) atoms. The molecule has 5 aromatic carbocycles. The Bertz CT molecular complexity index is 1580. The standard InChI is InChI=1S/C33H28N2O2S/c1-22-9-8-10-23(2)30(22)35-33(37)31(25-12-4-3-5-13-25)38-29-19-17-28(18-20-29)34-32(36)27-16-15-24-11-6-7-14-26(24)21-27/h3-21,31H,1-2H3,(H,34,36)(H,35,37). The van der Waals surface area contributed by atoms with Crippen LogP contribution in [0.15, 0.2) is 120 Å². The van der Waals surface area contributed by atoms with Gasteiger partial charge in [-0.15, -0.1) is 11.8 Å². The summed E-state index contributed by atoms with van der Waals surface area (Å²) in [4.78, 5) is 27.3. The lowest BCUT2D eigenvalue weighted by Crippen LogP contribution is -2.20. The third-order valence-electron chi connectivity index (χ3n) is 6.45. The van der Waals surface area contributed by atoms with Crippen molar-refractivity contribution < 1.29 is 9.59 Å². The average molecular weight is 517 g/mol. The number of aryl methyl sites for hydroxylation is 2. The highest BCUT2D eigenvalue weighted by Gasteiger charge is 2.23. The van der Waals surface area contributed by atoms with Crippen LogP contribution in [-0.4, -0.2) is 11.8 Å². The molecule has 2 amide bonds. The second-order valence-corrected chi connectivity index (χ2v) is 10.4. The molecule has 0 aliphatic rings. The number of carbonyl (C=O) groups excluding carboxylic acids is 2. The number of rotatable bonds is 7. The number of carbonyl (C=O) groups is 2. The SMILES string of the molecule is Cc1cccc(C)c1NC(=O)C(Sc1ccc(NC(=O)c2ccc3ccccc3c2)cc1)c1ccccc1. The topological polar surface area (TPSA) is 58.2 Å². The van der Waals surface area contributed by atoms with E-state index in [1.165, 1.54) is 11.8 Å². The number of benzene rings is 5. The molecule has 0 heterocycles. The van der Waals surface area contributed by atoms with E-state index in [1.807, 2.05) is 129 Å². The Hall–Kier alpha value is -4.35. The van der Waals surface area contributed by atoms with E-state index >= 15 is 0 Å². The van der Waals surface area contributed by atoms with Crippen LogP contribution in [0, 0.1) is 13.8 Å². The fourth-order valence-electron chi connectivity index (χ4n) is 4.39. The van der Waals surface area contributed by atoms with Gasteiger partial charge in [0.25, 0.3) is 5.91 Å². The maximum atomic E-state index is 13.5. The zero-order chi connectivity index (χ0) is 26.5. The number of anilines is 2. The summed E-state index contributed by atoms with van der Waals surface area (Å²) in [7, 11) is 0. The molecule has 5 rings (SSSR count). The summed E-state index contributed by atoms with van der Waals surface area (Å²) in [5.74, 6) is -0.237. The van der Waals surface area contributed by atoms with Crippen LogP contribution in [0.5, 0.6) is 0 Å². The molecule has 0 aromatic heterocycles. The zero-order valence-electron chi connectivity index (χ0n) is 21.3. The van der Waals surface area contributed by atoms with Crippen molar-refractivity contribution in [3.63, 3.8) is 0 Å². The van der Waals surface area contributed by atoms with E-state index in [-0.39, 0.29) is 11.8 Å². The first-order valence-electron chi connectivity index (χ1n) is 12.5. The Balaban J connectivity index is 1.32. The number of amides is 2. The Labute approximate surface area is 227 Å². The second-order valence-electron chi connectivity index (χ2n) is 9.21. The van der Waals surface area contributed by atoms with Gasteiger partial charge >= 0.3 is 0 Å². The number of fused-ring (bicyclic) bond motifs is 1. The Morgan fingerprint density at radius 2 is 1.32 bits per heavy atom. The van der Waals surface area contributed by atoms with E-state index in [9.17, 15) is 9.59 Å². The summed E-state index contributed by atoms with van der Waals surface area (Å²) >= 11 is 1.48. The first-order valence-corrected chi connectivity index (χ1v) is 13.3. The third kappa shape index (κ3) is 5.79. The van der Waals surface area contributed by atoms with E-state index in [4.69, 9.17) is 0 Å². The molecule has 0 aliphatic carbocycles. The highest BCUT2D eigenvalue weighted by Crippen LogP contribution is 2.37. The molecule has 5 aromatic rings. The summed E-state index contributed by atoms with van der Waals surface area (Å²) in [5, 5.41) is 7.81. The van der Waals surface area contributed by atoms with E-state index in [2.05, 4.69) is 10.6 Å². The highest BCUT2D eigenvalue weighted by atomic mass is 32.2. The summed E-state index contributed by atoms with van der Waals surface area (Å²) in [6.07, 6.45) is 0. The van der Waals surface area contributed by atoms with Crippen LogP contribution in [0.1, 0.15) is 32.3 Å². The van der Waals surface area contributed by atoms with Crippen LogP contribution in [0.3, 0.4) is 0 Å². The van der Waals surface area contributed by atoms with Crippen molar-refractivity contribution in [2.24, 2.45) is 0 Å². The van der Waals surface area contributed by atoms with Crippen LogP contribution in [-0.2, 0) is 4.79 Å². The maximum absolute atomic E-state index is 13.5. The molecular formula is C33H28N2O2S. The van der Waals surface area contributed by atoms with Gasteiger partial charge in [-0.2, -0.15) is 0 Å². The first kappa shape index (κ1) is 25.3. The normalized spacial score (nSPS) is 11.6. The van der Waals surface area contributed by atoms with Crippen LogP contribution >= 0.6 is 11.8 Å². The molecule has 1 atom stereocenters. The van der Waals surface area contributed by atoms with Crippen molar-refractivity contribution in [1.82, 2.24) is 0 Å². The molecule has 1 unspecified atom stereocenters. The highest BCUT2D eigenvalue weighted by molar-refractivity contribution is 8.00. The zero-order valence-corrected chi connectivity index (χ0v) is 22.1. The molecule has 2 N–H and O–H groups in total. The fraction of sp³-hybridized carbons (Fsp3) is 0.0909. The number of para-hydroxylation sites is 1. The summed E-state index contributed by atoms with van der Waals surface area (Å²) in [5.41, 5.74) is 5.14. The lowest BCUT2D eigenvalue weighted by molar-refractivity contribution is -0.115. The molecule has 5 heteroatoms. The minimum absolute atomic E-state index is 0.0766. The van der Waals surface area contributed by atoms with E-state index in [1.54, 1.807) is 0 Å². The minimum atomic E-state index is -0.437. The number of nitrogens with one attached hydrogen (secondary N) is 2. The Morgan fingerprint density at radius 1 is 0.658 bits per heavy atom. The van der Waals surface area contributed by atoms with Gasteiger partial charge in [0.1, 0.15) is 5.25 Å². The maximum Gasteiger partial charge on any atom is 0.255 e. The molecule has 0 radical (unpaired) electrons. The second kappa shape index (κ2) is 11.4. The van der Waals surface area contributed by atoms with Crippen LogP contribution in [0.2, 0.25) is 0 Å². The Kier molecular flexibility index (Phi) is 7.57. The molecule has 188 valence electrons. The lowest BCUT2D eigenvalue weighted by atomic mass is 10.1. The minimum Gasteiger partial charge on any atom is -0.324 e. The number of hydrogen-bond acceptors (Lipinski definition) is 3. The summed E-state index contributed by atoms with van der Waals surface area (Å²) < 4.78 is 0. The van der Waals surface area contributed by atoms with Gasteiger partial charge in [-0.25, -0.2) is 0 Å². The van der Waals surface area contributed by atoms with Crippen molar-refractivity contribution in [3.8, 4) is 0 Å². The van der Waals surface area contributed by atoms with E-state index < -0.39 is 5.25 Å². The van der Waals surface area contributed by atoms with Gasteiger partial charge in [-0.05, 0) is 77.7 Å². The van der Waals surface area contributed by atoms with E-state index in [0.717, 1.165) is 38.0 Å². The predicted molar refractivity (Wildman–Crippen MR) is 158 cm³/mol. The smallest absolute Gasteiger partial charge is 0.255 e. The largest absolute Gasteiger partial charge is 0.324 e. The quantitative estimate of drug-likeness (QED) is 0.214. The van der Waals surface area contributed by atoms with Gasteiger partial charge in [0.05, 0.1) is 0 Å². The molecule has 0 spiro atoms. The molecule has 0 fully saturated rings. The van der Waals surface area contributed by atoms with Crippen LogP contribution in [0.25, 0.3) is 10.8 Å². The summed E-state index contributed by atoms with van der Waals surface area (Å²) in [6.45, 7) is 4.00.